The fourth-order valence-electron chi connectivity index (χ4n) is 2.91. The van der Waals surface area contributed by atoms with Gasteiger partial charge in [0, 0.05) is 6.42 Å². The van der Waals surface area contributed by atoms with Crippen LogP contribution in [-0.4, -0.2) is 52.1 Å². The Morgan fingerprint density at radius 3 is 2.35 bits per heavy atom. The SMILES string of the molecule is NC(=O)CCN(NC(=O)[C@@H](CC1CCCCC1)NC(=O)O)C(=O)[C@@H](F)Cl. The van der Waals surface area contributed by atoms with Crippen LogP contribution in [0.15, 0.2) is 0 Å². The predicted octanol–water partition coefficient (Wildman–Crippen LogP) is 0.863. The molecule has 0 radical (unpaired) electrons. The Balaban J connectivity index is 2.78. The van der Waals surface area contributed by atoms with Gasteiger partial charge < -0.3 is 16.2 Å². The van der Waals surface area contributed by atoms with Crippen molar-refractivity contribution >= 4 is 35.4 Å². The molecular weight excluding hydrogens is 371 g/mol. The first-order valence-corrected chi connectivity index (χ1v) is 8.82. The number of alkyl halides is 2. The van der Waals surface area contributed by atoms with Gasteiger partial charge in [0.15, 0.2) is 0 Å². The number of nitrogens with one attached hydrogen (secondary N) is 2. The molecule has 0 saturated heterocycles. The second-order valence-electron chi connectivity index (χ2n) is 6.22. The van der Waals surface area contributed by atoms with Crippen molar-refractivity contribution in [2.75, 3.05) is 6.54 Å². The zero-order chi connectivity index (χ0) is 19.7. The average molecular weight is 395 g/mol. The van der Waals surface area contributed by atoms with E-state index in [0.29, 0.717) is 5.01 Å². The standard InChI is InChI=1S/C15H24ClFN4O5/c16-12(17)14(24)21(7-6-11(18)22)20-13(23)10(19-15(25)26)8-9-4-2-1-3-5-9/h9-10,12,19H,1-8H2,(H2,18,22)(H,20,23)(H,25,26)/t10-,12-/m1/s1. The number of hydrazine groups is 1. The molecule has 1 aliphatic rings. The molecule has 9 nitrogen and oxygen atoms in total. The minimum atomic E-state index is -2.42. The van der Waals surface area contributed by atoms with Crippen molar-refractivity contribution in [2.24, 2.45) is 11.7 Å². The Hall–Kier alpha value is -2.10. The van der Waals surface area contributed by atoms with Gasteiger partial charge in [-0.2, -0.15) is 0 Å². The predicted molar refractivity (Wildman–Crippen MR) is 90.6 cm³/mol. The molecule has 1 fully saturated rings. The molecule has 0 heterocycles. The van der Waals surface area contributed by atoms with Crippen molar-refractivity contribution in [3.8, 4) is 0 Å². The molecular formula is C15H24ClFN4O5. The van der Waals surface area contributed by atoms with Crippen LogP contribution in [-0.2, 0) is 14.4 Å². The largest absolute Gasteiger partial charge is 0.465 e. The highest BCUT2D eigenvalue weighted by molar-refractivity contribution is 6.29. The molecule has 26 heavy (non-hydrogen) atoms. The van der Waals surface area contributed by atoms with Gasteiger partial charge in [0.1, 0.15) is 6.04 Å². The van der Waals surface area contributed by atoms with Gasteiger partial charge in [0.25, 0.3) is 17.4 Å². The number of amides is 4. The van der Waals surface area contributed by atoms with Gasteiger partial charge in [-0.25, -0.2) is 14.2 Å². The Labute approximate surface area is 155 Å². The van der Waals surface area contributed by atoms with Gasteiger partial charge in [-0.05, 0) is 12.3 Å². The maximum absolute atomic E-state index is 13.1. The van der Waals surface area contributed by atoms with E-state index in [1.807, 2.05) is 0 Å². The fourth-order valence-corrected chi connectivity index (χ4v) is 3.03. The second-order valence-corrected chi connectivity index (χ2v) is 6.61. The summed E-state index contributed by atoms with van der Waals surface area (Å²) in [5, 5.41) is 11.6. The van der Waals surface area contributed by atoms with Gasteiger partial charge in [0.2, 0.25) is 5.91 Å². The fraction of sp³-hybridized carbons (Fsp3) is 0.733. The van der Waals surface area contributed by atoms with Crippen LogP contribution in [0.3, 0.4) is 0 Å². The first-order valence-electron chi connectivity index (χ1n) is 8.38. The number of primary amides is 1. The molecule has 11 heteroatoms. The topological polar surface area (TPSA) is 142 Å². The third-order valence-electron chi connectivity index (χ3n) is 4.19. The smallest absolute Gasteiger partial charge is 0.405 e. The molecule has 1 aliphatic carbocycles. The van der Waals surface area contributed by atoms with E-state index in [9.17, 15) is 23.6 Å². The number of carbonyl (C=O) groups excluding carboxylic acids is 3. The highest BCUT2D eigenvalue weighted by atomic mass is 35.5. The minimum Gasteiger partial charge on any atom is -0.465 e. The Morgan fingerprint density at radius 2 is 1.85 bits per heavy atom. The highest BCUT2D eigenvalue weighted by Crippen LogP contribution is 2.27. The molecule has 0 bridgehead atoms. The zero-order valence-corrected chi connectivity index (χ0v) is 15.0. The van der Waals surface area contributed by atoms with Crippen molar-refractivity contribution in [1.29, 1.82) is 0 Å². The summed E-state index contributed by atoms with van der Waals surface area (Å²) in [6.45, 7) is -0.379. The Kier molecular flexibility index (Phi) is 9.11. The van der Waals surface area contributed by atoms with E-state index in [1.54, 1.807) is 0 Å². The summed E-state index contributed by atoms with van der Waals surface area (Å²) in [4.78, 5) is 46.0. The van der Waals surface area contributed by atoms with Crippen molar-refractivity contribution < 1.29 is 28.7 Å². The number of carboxylic acid groups (broad SMARTS) is 1. The third-order valence-corrected chi connectivity index (χ3v) is 4.37. The molecule has 2 atom stereocenters. The van der Waals surface area contributed by atoms with Crippen molar-refractivity contribution in [2.45, 2.75) is 56.6 Å². The lowest BCUT2D eigenvalue weighted by Gasteiger charge is -2.29. The summed E-state index contributed by atoms with van der Waals surface area (Å²) in [7, 11) is 0. The van der Waals surface area contributed by atoms with Crippen LogP contribution < -0.4 is 16.5 Å². The van der Waals surface area contributed by atoms with Crippen molar-refractivity contribution in [3.05, 3.63) is 0 Å². The van der Waals surface area contributed by atoms with Crippen molar-refractivity contribution in [3.63, 3.8) is 0 Å². The molecule has 0 aromatic rings. The minimum absolute atomic E-state index is 0.170. The third kappa shape index (κ3) is 7.85. The van der Waals surface area contributed by atoms with Crippen LogP contribution in [0.25, 0.3) is 0 Å². The summed E-state index contributed by atoms with van der Waals surface area (Å²) >= 11 is 5.11. The molecule has 0 aromatic carbocycles. The second kappa shape index (κ2) is 10.8. The first-order chi connectivity index (χ1) is 12.2. The molecule has 148 valence electrons. The zero-order valence-electron chi connectivity index (χ0n) is 14.2. The summed E-state index contributed by atoms with van der Waals surface area (Å²) in [6, 6.07) is -1.12. The van der Waals surface area contributed by atoms with Gasteiger partial charge >= 0.3 is 6.09 Å². The molecule has 1 rings (SSSR count). The lowest BCUT2D eigenvalue weighted by Crippen LogP contribution is -2.56. The molecule has 0 aromatic heterocycles. The summed E-state index contributed by atoms with van der Waals surface area (Å²) in [5.74, 6) is -2.69. The summed E-state index contributed by atoms with van der Waals surface area (Å²) < 4.78 is 13.1. The maximum atomic E-state index is 13.1. The van der Waals surface area contributed by atoms with Crippen molar-refractivity contribution in [1.82, 2.24) is 15.8 Å². The highest BCUT2D eigenvalue weighted by Gasteiger charge is 2.30. The van der Waals surface area contributed by atoms with Crippen LogP contribution in [0.1, 0.15) is 44.9 Å². The molecule has 1 saturated carbocycles. The number of nitrogens with zero attached hydrogens (tertiary/aromatic N) is 1. The van der Waals surface area contributed by atoms with E-state index < -0.39 is 35.5 Å². The Morgan fingerprint density at radius 1 is 1.23 bits per heavy atom. The summed E-state index contributed by atoms with van der Waals surface area (Å²) in [6.07, 6.45) is 3.41. The molecule has 5 N–H and O–H groups in total. The first kappa shape index (κ1) is 21.9. The van der Waals surface area contributed by atoms with Crippen LogP contribution in [0.4, 0.5) is 9.18 Å². The number of rotatable bonds is 8. The number of hydrogen-bond donors (Lipinski definition) is 4. The van der Waals surface area contributed by atoms with E-state index >= 15 is 0 Å². The quantitative estimate of drug-likeness (QED) is 0.357. The van der Waals surface area contributed by atoms with E-state index in [4.69, 9.17) is 22.4 Å². The van der Waals surface area contributed by atoms with E-state index in [1.165, 1.54) is 0 Å². The number of carbonyl (C=O) groups is 4. The Bertz CT molecular complexity index is 528. The maximum Gasteiger partial charge on any atom is 0.405 e. The molecule has 4 amide bonds. The number of halogens is 2. The van der Waals surface area contributed by atoms with Gasteiger partial charge in [-0.1, -0.05) is 43.7 Å². The van der Waals surface area contributed by atoms with Gasteiger partial charge in [-0.3, -0.25) is 19.8 Å². The van der Waals surface area contributed by atoms with E-state index in [-0.39, 0.29) is 25.3 Å². The average Bonchev–Trinajstić information content (AvgIpc) is 2.57. The van der Waals surface area contributed by atoms with Crippen LogP contribution in [0.5, 0.6) is 0 Å². The number of hydrogen-bond acceptors (Lipinski definition) is 4. The van der Waals surface area contributed by atoms with Crippen LogP contribution in [0, 0.1) is 5.92 Å². The lowest BCUT2D eigenvalue weighted by atomic mass is 9.84. The molecule has 0 unspecified atom stereocenters. The summed E-state index contributed by atoms with van der Waals surface area (Å²) in [5.41, 5.74) is 4.70. The van der Waals surface area contributed by atoms with Gasteiger partial charge in [-0.15, -0.1) is 0 Å². The van der Waals surface area contributed by atoms with E-state index in [2.05, 4.69) is 10.7 Å². The molecule has 0 aliphatic heterocycles. The molecule has 0 spiro atoms. The van der Waals surface area contributed by atoms with Crippen LogP contribution >= 0.6 is 11.6 Å². The lowest BCUT2D eigenvalue weighted by molar-refractivity contribution is -0.144. The van der Waals surface area contributed by atoms with Gasteiger partial charge in [0.05, 0.1) is 6.54 Å². The normalized spacial score (nSPS) is 17.0. The monoisotopic (exact) mass is 394 g/mol. The number of nitrogens with two attached hydrogens (primary N) is 1. The van der Waals surface area contributed by atoms with Crippen LogP contribution in [0.2, 0.25) is 0 Å². The van der Waals surface area contributed by atoms with E-state index in [0.717, 1.165) is 32.1 Å².